The molecule has 112 valence electrons. The van der Waals surface area contributed by atoms with E-state index in [0.29, 0.717) is 13.2 Å². The second kappa shape index (κ2) is 6.56. The quantitative estimate of drug-likeness (QED) is 0.896. The molecule has 1 aromatic rings. The van der Waals surface area contributed by atoms with Crippen LogP contribution in [0.1, 0.15) is 31.7 Å². The molecule has 1 N–H and O–H groups in total. The summed E-state index contributed by atoms with van der Waals surface area (Å²) in [4.78, 5) is 0. The Bertz CT molecular complexity index is 542. The molecule has 1 heterocycles. The Labute approximate surface area is 129 Å². The summed E-state index contributed by atoms with van der Waals surface area (Å²) in [5.41, 5.74) is 1.15. The molecule has 1 saturated heterocycles. The van der Waals surface area contributed by atoms with Crippen LogP contribution >= 0.6 is 15.9 Å². The van der Waals surface area contributed by atoms with Crippen LogP contribution in [0.4, 0.5) is 0 Å². The third-order valence-corrected chi connectivity index (χ3v) is 5.99. The fraction of sp³-hybridized carbons (Fsp3) is 0.571. The van der Waals surface area contributed by atoms with E-state index in [-0.39, 0.29) is 12.0 Å². The van der Waals surface area contributed by atoms with E-state index in [9.17, 15) is 8.42 Å². The molecule has 0 saturated carbocycles. The fourth-order valence-electron chi connectivity index (χ4n) is 2.31. The van der Waals surface area contributed by atoms with Gasteiger partial charge in [-0.05, 0) is 38.0 Å². The Morgan fingerprint density at radius 3 is 2.55 bits per heavy atom. The van der Waals surface area contributed by atoms with Gasteiger partial charge in [0.2, 0.25) is 10.0 Å². The second-order valence-corrected chi connectivity index (χ2v) is 8.52. The summed E-state index contributed by atoms with van der Waals surface area (Å²) >= 11 is 3.42. The van der Waals surface area contributed by atoms with E-state index >= 15 is 0 Å². The van der Waals surface area contributed by atoms with E-state index in [1.165, 1.54) is 0 Å². The number of rotatable bonds is 4. The first kappa shape index (κ1) is 15.9. The van der Waals surface area contributed by atoms with Gasteiger partial charge in [-0.15, -0.1) is 0 Å². The highest BCUT2D eigenvalue weighted by Crippen LogP contribution is 2.29. The molecule has 20 heavy (non-hydrogen) atoms. The molecular formula is C14H20BrNO3S. The molecule has 6 heteroatoms. The van der Waals surface area contributed by atoms with Crippen LogP contribution in [0.3, 0.4) is 0 Å². The third-order valence-electron chi connectivity index (χ3n) is 3.59. The minimum atomic E-state index is -3.29. The number of benzene rings is 1. The van der Waals surface area contributed by atoms with Gasteiger partial charge in [-0.3, -0.25) is 0 Å². The summed E-state index contributed by atoms with van der Waals surface area (Å²) in [7, 11) is -3.29. The number of ether oxygens (including phenoxy) is 1. The zero-order valence-electron chi connectivity index (χ0n) is 11.7. The maximum absolute atomic E-state index is 12.1. The highest BCUT2D eigenvalue weighted by atomic mass is 79.9. The van der Waals surface area contributed by atoms with Crippen molar-refractivity contribution in [3.05, 3.63) is 34.3 Å². The van der Waals surface area contributed by atoms with Gasteiger partial charge in [0, 0.05) is 17.0 Å². The SMILES string of the molecule is CC(C)S(=O)(=O)N[C@H]1COCC[C@@H]1c1ccc(Br)cc1. The first-order valence-electron chi connectivity index (χ1n) is 6.74. The van der Waals surface area contributed by atoms with Gasteiger partial charge in [0.05, 0.1) is 17.9 Å². The lowest BCUT2D eigenvalue weighted by molar-refractivity contribution is 0.0644. The van der Waals surface area contributed by atoms with E-state index in [2.05, 4.69) is 20.7 Å². The van der Waals surface area contributed by atoms with Crippen molar-refractivity contribution in [3.8, 4) is 0 Å². The monoisotopic (exact) mass is 361 g/mol. The van der Waals surface area contributed by atoms with Crippen LogP contribution in [0.15, 0.2) is 28.7 Å². The second-order valence-electron chi connectivity index (χ2n) is 5.34. The molecule has 0 radical (unpaired) electrons. The summed E-state index contributed by atoms with van der Waals surface area (Å²) in [6, 6.07) is 7.85. The van der Waals surface area contributed by atoms with Gasteiger partial charge >= 0.3 is 0 Å². The number of hydrogen-bond donors (Lipinski definition) is 1. The molecule has 1 fully saturated rings. The molecule has 1 aliphatic heterocycles. The lowest BCUT2D eigenvalue weighted by atomic mass is 9.88. The van der Waals surface area contributed by atoms with Crippen molar-refractivity contribution in [3.63, 3.8) is 0 Å². The zero-order valence-corrected chi connectivity index (χ0v) is 14.1. The predicted molar refractivity (Wildman–Crippen MR) is 83.3 cm³/mol. The van der Waals surface area contributed by atoms with Crippen molar-refractivity contribution >= 4 is 26.0 Å². The topological polar surface area (TPSA) is 55.4 Å². The largest absolute Gasteiger partial charge is 0.380 e. The van der Waals surface area contributed by atoms with Crippen molar-refractivity contribution in [1.29, 1.82) is 0 Å². The average Bonchev–Trinajstić information content (AvgIpc) is 2.40. The maximum Gasteiger partial charge on any atom is 0.214 e. The van der Waals surface area contributed by atoms with Crippen LogP contribution in [-0.4, -0.2) is 32.9 Å². The minimum Gasteiger partial charge on any atom is -0.380 e. The Morgan fingerprint density at radius 2 is 1.95 bits per heavy atom. The molecule has 2 atom stereocenters. The Kier molecular flexibility index (Phi) is 5.23. The van der Waals surface area contributed by atoms with Crippen LogP contribution < -0.4 is 4.72 Å². The van der Waals surface area contributed by atoms with Crippen molar-refractivity contribution in [2.45, 2.75) is 37.5 Å². The summed E-state index contributed by atoms with van der Waals surface area (Å²) < 4.78 is 33.4. The molecule has 0 amide bonds. The lowest BCUT2D eigenvalue weighted by Crippen LogP contribution is -2.47. The Balaban J connectivity index is 2.19. The summed E-state index contributed by atoms with van der Waals surface area (Å²) in [5.74, 6) is 0.158. The smallest absolute Gasteiger partial charge is 0.214 e. The van der Waals surface area contributed by atoms with Crippen LogP contribution in [0, 0.1) is 0 Å². The molecule has 1 aromatic carbocycles. The Hall–Kier alpha value is -0.430. The van der Waals surface area contributed by atoms with Crippen LogP contribution in [-0.2, 0) is 14.8 Å². The highest BCUT2D eigenvalue weighted by molar-refractivity contribution is 9.10. The zero-order chi connectivity index (χ0) is 14.8. The number of halogens is 1. The Morgan fingerprint density at radius 1 is 1.30 bits per heavy atom. The van der Waals surface area contributed by atoms with Gasteiger partial charge in [-0.2, -0.15) is 0 Å². The van der Waals surface area contributed by atoms with E-state index in [4.69, 9.17) is 4.74 Å². The van der Waals surface area contributed by atoms with Crippen molar-refractivity contribution in [2.75, 3.05) is 13.2 Å². The summed E-state index contributed by atoms with van der Waals surface area (Å²) in [6.07, 6.45) is 0.826. The molecule has 4 nitrogen and oxygen atoms in total. The van der Waals surface area contributed by atoms with Gasteiger partial charge in [0.1, 0.15) is 0 Å². The van der Waals surface area contributed by atoms with Gasteiger partial charge in [-0.25, -0.2) is 13.1 Å². The average molecular weight is 362 g/mol. The molecular weight excluding hydrogens is 342 g/mol. The van der Waals surface area contributed by atoms with Gasteiger partial charge in [0.25, 0.3) is 0 Å². The molecule has 0 bridgehead atoms. The van der Waals surface area contributed by atoms with Crippen LogP contribution in [0.5, 0.6) is 0 Å². The maximum atomic E-state index is 12.1. The first-order chi connectivity index (χ1) is 9.40. The molecule has 0 aromatic heterocycles. The van der Waals surface area contributed by atoms with Gasteiger partial charge in [0.15, 0.2) is 0 Å². The van der Waals surface area contributed by atoms with E-state index in [1.54, 1.807) is 13.8 Å². The predicted octanol–water partition coefficient (Wildman–Crippen LogP) is 2.65. The van der Waals surface area contributed by atoms with Crippen molar-refractivity contribution in [2.24, 2.45) is 0 Å². The fourth-order valence-corrected chi connectivity index (χ4v) is 3.50. The lowest BCUT2D eigenvalue weighted by Gasteiger charge is -2.32. The summed E-state index contributed by atoms with van der Waals surface area (Å²) in [5, 5.41) is -0.435. The van der Waals surface area contributed by atoms with Crippen LogP contribution in [0.2, 0.25) is 0 Å². The van der Waals surface area contributed by atoms with Gasteiger partial charge < -0.3 is 4.74 Å². The molecule has 0 aliphatic carbocycles. The summed E-state index contributed by atoms with van der Waals surface area (Å²) in [6.45, 7) is 4.45. The number of hydrogen-bond acceptors (Lipinski definition) is 3. The van der Waals surface area contributed by atoms with Crippen molar-refractivity contribution < 1.29 is 13.2 Å². The number of sulfonamides is 1. The molecule has 0 spiro atoms. The van der Waals surface area contributed by atoms with Crippen LogP contribution in [0.25, 0.3) is 0 Å². The highest BCUT2D eigenvalue weighted by Gasteiger charge is 2.31. The minimum absolute atomic E-state index is 0.158. The van der Waals surface area contributed by atoms with E-state index < -0.39 is 15.3 Å². The molecule has 1 aliphatic rings. The molecule has 0 unspecified atom stereocenters. The molecule has 2 rings (SSSR count). The third kappa shape index (κ3) is 3.81. The standard InChI is InChI=1S/C14H20BrNO3S/c1-10(2)20(17,18)16-14-9-19-8-7-13(14)11-3-5-12(15)6-4-11/h3-6,10,13-14,16H,7-9H2,1-2H3/t13-,14+/m1/s1. The van der Waals surface area contributed by atoms with Gasteiger partial charge in [-0.1, -0.05) is 28.1 Å². The first-order valence-corrected chi connectivity index (χ1v) is 9.08. The van der Waals surface area contributed by atoms with E-state index in [0.717, 1.165) is 16.5 Å². The normalized spacial score (nSPS) is 24.0. The van der Waals surface area contributed by atoms with E-state index in [1.807, 2.05) is 24.3 Å². The van der Waals surface area contributed by atoms with Crippen molar-refractivity contribution in [1.82, 2.24) is 4.72 Å². The number of nitrogens with one attached hydrogen (secondary N) is 1.